The first-order valence-corrected chi connectivity index (χ1v) is 7.54. The van der Waals surface area contributed by atoms with Crippen LogP contribution in [0.15, 0.2) is 42.0 Å². The van der Waals surface area contributed by atoms with Gasteiger partial charge in [0.15, 0.2) is 4.96 Å². The summed E-state index contributed by atoms with van der Waals surface area (Å²) in [5.41, 5.74) is 2.70. The number of ether oxygens (including phenoxy) is 1. The summed E-state index contributed by atoms with van der Waals surface area (Å²) in [7, 11) is 0. The van der Waals surface area contributed by atoms with Gasteiger partial charge in [-0.3, -0.25) is 9.20 Å². The standard InChI is InChI=1S/C15H15N3O2S/c1-2-20-10-14(19)16-12-5-3-11(4-6-12)13-9-18-7-8-21-15(18)17-13/h3-9H,2,10H2,1H3,(H,16,19). The Kier molecular flexibility index (Phi) is 3.98. The van der Waals surface area contributed by atoms with E-state index >= 15 is 0 Å². The fourth-order valence-electron chi connectivity index (χ4n) is 1.98. The van der Waals surface area contributed by atoms with Crippen LogP contribution in [0.4, 0.5) is 5.69 Å². The molecule has 3 rings (SSSR count). The van der Waals surface area contributed by atoms with E-state index in [2.05, 4.69) is 10.3 Å². The lowest BCUT2D eigenvalue weighted by atomic mass is 10.1. The molecule has 1 N–H and O–H groups in total. The van der Waals surface area contributed by atoms with E-state index in [4.69, 9.17) is 4.74 Å². The number of benzene rings is 1. The third-order valence-electron chi connectivity index (χ3n) is 2.99. The van der Waals surface area contributed by atoms with Gasteiger partial charge in [0.25, 0.3) is 0 Å². The molecule has 1 amide bonds. The van der Waals surface area contributed by atoms with Gasteiger partial charge in [0.05, 0.1) is 5.69 Å². The molecule has 108 valence electrons. The van der Waals surface area contributed by atoms with Crippen molar-refractivity contribution < 1.29 is 9.53 Å². The third-order valence-corrected chi connectivity index (χ3v) is 3.77. The molecule has 1 aromatic carbocycles. The van der Waals surface area contributed by atoms with E-state index in [0.29, 0.717) is 6.61 Å². The molecule has 0 saturated heterocycles. The second-order valence-corrected chi connectivity index (χ2v) is 5.35. The zero-order valence-corrected chi connectivity index (χ0v) is 12.4. The van der Waals surface area contributed by atoms with Crippen molar-refractivity contribution in [2.24, 2.45) is 0 Å². The van der Waals surface area contributed by atoms with E-state index in [1.165, 1.54) is 0 Å². The highest BCUT2D eigenvalue weighted by Gasteiger charge is 2.06. The Balaban J connectivity index is 1.71. The molecule has 0 atom stereocenters. The van der Waals surface area contributed by atoms with E-state index in [1.54, 1.807) is 11.3 Å². The molecule has 0 saturated carbocycles. The number of hydrogen-bond donors (Lipinski definition) is 1. The molecular weight excluding hydrogens is 286 g/mol. The number of carbonyl (C=O) groups excluding carboxylic acids is 1. The largest absolute Gasteiger partial charge is 0.372 e. The van der Waals surface area contributed by atoms with Crippen LogP contribution in [0.25, 0.3) is 16.2 Å². The van der Waals surface area contributed by atoms with Crippen molar-refractivity contribution in [2.45, 2.75) is 6.92 Å². The molecule has 0 aliphatic heterocycles. The molecule has 5 nitrogen and oxygen atoms in total. The highest BCUT2D eigenvalue weighted by molar-refractivity contribution is 7.15. The SMILES string of the molecule is CCOCC(=O)Nc1ccc(-c2cn3ccsc3n2)cc1. The van der Waals surface area contributed by atoms with Crippen molar-refractivity contribution in [3.63, 3.8) is 0 Å². The number of hydrogen-bond acceptors (Lipinski definition) is 4. The number of carbonyl (C=O) groups is 1. The molecule has 2 heterocycles. The Morgan fingerprint density at radius 1 is 1.38 bits per heavy atom. The number of anilines is 1. The van der Waals surface area contributed by atoms with Crippen LogP contribution in [0, 0.1) is 0 Å². The molecule has 0 spiro atoms. The number of aromatic nitrogens is 2. The Morgan fingerprint density at radius 3 is 2.90 bits per heavy atom. The van der Waals surface area contributed by atoms with Crippen LogP contribution in [0.2, 0.25) is 0 Å². The summed E-state index contributed by atoms with van der Waals surface area (Å²) in [6.07, 6.45) is 3.98. The summed E-state index contributed by atoms with van der Waals surface area (Å²) in [6, 6.07) is 7.63. The number of nitrogens with one attached hydrogen (secondary N) is 1. The number of imidazole rings is 1. The first kappa shape index (κ1) is 13.8. The van der Waals surface area contributed by atoms with E-state index < -0.39 is 0 Å². The summed E-state index contributed by atoms with van der Waals surface area (Å²) < 4.78 is 7.06. The Hall–Kier alpha value is -2.18. The summed E-state index contributed by atoms with van der Waals surface area (Å²) in [6.45, 7) is 2.47. The molecule has 0 fully saturated rings. The van der Waals surface area contributed by atoms with Crippen molar-refractivity contribution >= 4 is 27.9 Å². The smallest absolute Gasteiger partial charge is 0.250 e. The van der Waals surface area contributed by atoms with Gasteiger partial charge in [0.1, 0.15) is 6.61 Å². The Bertz CT molecular complexity index is 717. The Morgan fingerprint density at radius 2 is 2.19 bits per heavy atom. The van der Waals surface area contributed by atoms with Crippen LogP contribution in [-0.2, 0) is 9.53 Å². The number of nitrogens with zero attached hydrogens (tertiary/aromatic N) is 2. The summed E-state index contributed by atoms with van der Waals surface area (Å²) >= 11 is 1.60. The second kappa shape index (κ2) is 6.07. The van der Waals surface area contributed by atoms with Crippen molar-refractivity contribution in [1.29, 1.82) is 0 Å². The minimum atomic E-state index is -0.146. The molecule has 0 unspecified atom stereocenters. The summed E-state index contributed by atoms with van der Waals surface area (Å²) in [5.74, 6) is -0.146. The van der Waals surface area contributed by atoms with Gasteiger partial charge in [0, 0.05) is 35.6 Å². The predicted molar refractivity (Wildman–Crippen MR) is 83.6 cm³/mol. The Labute approximate surface area is 126 Å². The quantitative estimate of drug-likeness (QED) is 0.788. The minimum Gasteiger partial charge on any atom is -0.372 e. The van der Waals surface area contributed by atoms with Gasteiger partial charge in [-0.05, 0) is 19.1 Å². The second-order valence-electron chi connectivity index (χ2n) is 4.48. The lowest BCUT2D eigenvalue weighted by Crippen LogP contribution is -2.18. The number of thiazole rings is 1. The monoisotopic (exact) mass is 301 g/mol. The fourth-order valence-corrected chi connectivity index (χ4v) is 2.68. The molecule has 0 bridgehead atoms. The average molecular weight is 301 g/mol. The van der Waals surface area contributed by atoms with Gasteiger partial charge in [0.2, 0.25) is 5.91 Å². The number of amides is 1. The maximum Gasteiger partial charge on any atom is 0.250 e. The van der Waals surface area contributed by atoms with E-state index in [-0.39, 0.29) is 12.5 Å². The van der Waals surface area contributed by atoms with E-state index in [9.17, 15) is 4.79 Å². The van der Waals surface area contributed by atoms with Crippen LogP contribution in [0.1, 0.15) is 6.92 Å². The van der Waals surface area contributed by atoms with Crippen LogP contribution in [-0.4, -0.2) is 28.5 Å². The normalized spacial score (nSPS) is 10.9. The highest BCUT2D eigenvalue weighted by atomic mass is 32.1. The van der Waals surface area contributed by atoms with Gasteiger partial charge < -0.3 is 10.1 Å². The molecule has 3 aromatic rings. The maximum absolute atomic E-state index is 11.6. The average Bonchev–Trinajstić information content (AvgIpc) is 3.07. The van der Waals surface area contributed by atoms with Gasteiger partial charge in [-0.25, -0.2) is 4.98 Å². The molecule has 21 heavy (non-hydrogen) atoms. The van der Waals surface area contributed by atoms with E-state index in [0.717, 1.165) is 21.9 Å². The predicted octanol–water partition coefficient (Wildman–Crippen LogP) is 3.04. The number of rotatable bonds is 5. The van der Waals surface area contributed by atoms with Crippen LogP contribution in [0.3, 0.4) is 0 Å². The van der Waals surface area contributed by atoms with Crippen molar-refractivity contribution in [3.05, 3.63) is 42.0 Å². The molecule has 2 aromatic heterocycles. The van der Waals surface area contributed by atoms with Gasteiger partial charge in [-0.1, -0.05) is 12.1 Å². The van der Waals surface area contributed by atoms with Crippen LogP contribution in [0.5, 0.6) is 0 Å². The van der Waals surface area contributed by atoms with Gasteiger partial charge >= 0.3 is 0 Å². The molecular formula is C15H15N3O2S. The molecule has 0 radical (unpaired) electrons. The fraction of sp³-hybridized carbons (Fsp3) is 0.200. The van der Waals surface area contributed by atoms with Crippen molar-refractivity contribution in [2.75, 3.05) is 18.5 Å². The van der Waals surface area contributed by atoms with Crippen LogP contribution < -0.4 is 5.32 Å². The number of fused-ring (bicyclic) bond motifs is 1. The first-order valence-electron chi connectivity index (χ1n) is 6.66. The van der Waals surface area contributed by atoms with Crippen LogP contribution >= 0.6 is 11.3 Å². The van der Waals surface area contributed by atoms with Gasteiger partial charge in [-0.15, -0.1) is 11.3 Å². The topological polar surface area (TPSA) is 55.6 Å². The molecule has 0 aliphatic carbocycles. The molecule has 0 aliphatic rings. The van der Waals surface area contributed by atoms with Crippen molar-refractivity contribution in [3.8, 4) is 11.3 Å². The van der Waals surface area contributed by atoms with E-state index in [1.807, 2.05) is 53.4 Å². The zero-order valence-electron chi connectivity index (χ0n) is 11.6. The third kappa shape index (κ3) is 3.12. The first-order chi connectivity index (χ1) is 10.3. The molecule has 6 heteroatoms. The van der Waals surface area contributed by atoms with Crippen molar-refractivity contribution in [1.82, 2.24) is 9.38 Å². The lowest BCUT2D eigenvalue weighted by Gasteiger charge is -2.05. The lowest BCUT2D eigenvalue weighted by molar-refractivity contribution is -0.120. The zero-order chi connectivity index (χ0) is 14.7. The summed E-state index contributed by atoms with van der Waals surface area (Å²) in [4.78, 5) is 17.1. The maximum atomic E-state index is 11.6. The highest BCUT2D eigenvalue weighted by Crippen LogP contribution is 2.22. The minimum absolute atomic E-state index is 0.0789. The summed E-state index contributed by atoms with van der Waals surface area (Å²) in [5, 5.41) is 4.79. The van der Waals surface area contributed by atoms with Gasteiger partial charge in [-0.2, -0.15) is 0 Å².